The summed E-state index contributed by atoms with van der Waals surface area (Å²) >= 11 is 5.87. The Morgan fingerprint density at radius 2 is 2.16 bits per heavy atom. The monoisotopic (exact) mass is 278 g/mol. The normalized spacial score (nSPS) is 11.2. The third-order valence-electron chi connectivity index (χ3n) is 2.61. The first-order valence-electron chi connectivity index (χ1n) is 5.68. The number of halogens is 2. The van der Waals surface area contributed by atoms with E-state index in [9.17, 15) is 9.18 Å². The molecule has 0 fully saturated rings. The number of allylic oxidation sites excluding steroid dienone is 1. The first-order chi connectivity index (χ1) is 8.99. The lowest BCUT2D eigenvalue weighted by molar-refractivity contribution is 0.0952. The number of aromatic nitrogens is 2. The highest BCUT2D eigenvalue weighted by molar-refractivity contribution is 6.32. The molecule has 1 aromatic heterocycles. The Bertz CT molecular complexity index is 641. The molecule has 0 atom stereocenters. The molecule has 0 radical (unpaired) electrons. The first-order valence-corrected chi connectivity index (χ1v) is 6.06. The molecule has 1 aromatic carbocycles. The van der Waals surface area contributed by atoms with Gasteiger partial charge in [-0.15, -0.1) is 0 Å². The molecule has 0 unspecified atom stereocenters. The van der Waals surface area contributed by atoms with Crippen LogP contribution >= 0.6 is 11.6 Å². The van der Waals surface area contributed by atoms with Gasteiger partial charge in [-0.1, -0.05) is 17.7 Å². The number of hydrogen-bond donors (Lipinski definition) is 0. The molecule has 98 valence electrons. The highest BCUT2D eigenvalue weighted by Crippen LogP contribution is 2.20. The van der Waals surface area contributed by atoms with Gasteiger partial charge >= 0.3 is 0 Å². The summed E-state index contributed by atoms with van der Waals surface area (Å²) in [6.07, 6.45) is 2.61. The van der Waals surface area contributed by atoms with Crippen molar-refractivity contribution in [3.8, 4) is 0 Å². The van der Waals surface area contributed by atoms with Crippen molar-refractivity contribution in [2.45, 2.75) is 13.8 Å². The molecule has 0 spiro atoms. The summed E-state index contributed by atoms with van der Waals surface area (Å²) in [4.78, 5) is 11.9. The second-order valence-electron chi connectivity index (χ2n) is 4.15. The van der Waals surface area contributed by atoms with Crippen LogP contribution in [0.3, 0.4) is 0 Å². The molecule has 5 heteroatoms. The molecule has 0 aliphatic heterocycles. The van der Waals surface area contributed by atoms with Crippen LogP contribution in [0.4, 0.5) is 4.39 Å². The maximum absolute atomic E-state index is 13.5. The van der Waals surface area contributed by atoms with Crippen LogP contribution in [0.1, 0.15) is 21.7 Å². The van der Waals surface area contributed by atoms with Crippen LogP contribution in [0.2, 0.25) is 5.02 Å². The molecule has 2 rings (SSSR count). The van der Waals surface area contributed by atoms with Gasteiger partial charge in [0.15, 0.2) is 0 Å². The van der Waals surface area contributed by atoms with Gasteiger partial charge in [-0.25, -0.2) is 9.07 Å². The quantitative estimate of drug-likeness (QED) is 0.786. The van der Waals surface area contributed by atoms with Crippen molar-refractivity contribution in [1.82, 2.24) is 9.78 Å². The van der Waals surface area contributed by atoms with Crippen molar-refractivity contribution in [2.75, 3.05) is 0 Å². The molecular weight excluding hydrogens is 267 g/mol. The standard InChI is InChI=1S/C14H12ClFN2O/c1-9-8-10(2)18(17-9)14(19)7-6-11-12(15)4-3-5-13(11)16/h3-8H,1-2H3. The number of rotatable bonds is 2. The smallest absolute Gasteiger partial charge is 0.267 e. The van der Waals surface area contributed by atoms with E-state index >= 15 is 0 Å². The third kappa shape index (κ3) is 2.90. The molecule has 0 aliphatic rings. The summed E-state index contributed by atoms with van der Waals surface area (Å²) < 4.78 is 14.8. The Balaban J connectivity index is 2.28. The zero-order chi connectivity index (χ0) is 14.0. The van der Waals surface area contributed by atoms with Crippen LogP contribution in [0.5, 0.6) is 0 Å². The average molecular weight is 279 g/mol. The Hall–Kier alpha value is -1.94. The molecule has 3 nitrogen and oxygen atoms in total. The lowest BCUT2D eigenvalue weighted by atomic mass is 10.2. The summed E-state index contributed by atoms with van der Waals surface area (Å²) in [6, 6.07) is 6.16. The maximum atomic E-state index is 13.5. The molecule has 0 N–H and O–H groups in total. The van der Waals surface area contributed by atoms with E-state index in [-0.39, 0.29) is 16.5 Å². The zero-order valence-electron chi connectivity index (χ0n) is 10.5. The molecule has 0 saturated heterocycles. The van der Waals surface area contributed by atoms with Gasteiger partial charge < -0.3 is 0 Å². The number of carbonyl (C=O) groups is 1. The van der Waals surface area contributed by atoms with Gasteiger partial charge in [0.2, 0.25) is 0 Å². The predicted molar refractivity (Wildman–Crippen MR) is 72.8 cm³/mol. The average Bonchev–Trinajstić information content (AvgIpc) is 2.67. The van der Waals surface area contributed by atoms with Crippen molar-refractivity contribution in [2.24, 2.45) is 0 Å². The Kier molecular flexibility index (Phi) is 3.81. The highest BCUT2D eigenvalue weighted by Gasteiger charge is 2.08. The van der Waals surface area contributed by atoms with Gasteiger partial charge in [-0.05, 0) is 38.1 Å². The fraction of sp³-hybridized carbons (Fsp3) is 0.143. The summed E-state index contributed by atoms with van der Waals surface area (Å²) in [6.45, 7) is 3.58. The Morgan fingerprint density at radius 1 is 1.42 bits per heavy atom. The second kappa shape index (κ2) is 5.36. The van der Waals surface area contributed by atoms with Gasteiger partial charge in [0.05, 0.1) is 10.7 Å². The molecule has 0 aliphatic carbocycles. The molecule has 1 heterocycles. The maximum Gasteiger partial charge on any atom is 0.271 e. The Morgan fingerprint density at radius 3 is 2.74 bits per heavy atom. The predicted octanol–water partition coefficient (Wildman–Crippen LogP) is 3.65. The van der Waals surface area contributed by atoms with E-state index < -0.39 is 5.82 Å². The van der Waals surface area contributed by atoms with Crippen molar-refractivity contribution in [3.05, 3.63) is 58.1 Å². The molecule has 0 amide bonds. The molecular formula is C14H12ClFN2O. The first kappa shape index (κ1) is 13.5. The van der Waals surface area contributed by atoms with Crippen LogP contribution in [0.15, 0.2) is 30.3 Å². The Labute approximate surface area is 115 Å². The van der Waals surface area contributed by atoms with E-state index in [1.54, 1.807) is 26.0 Å². The zero-order valence-corrected chi connectivity index (χ0v) is 11.3. The summed E-state index contributed by atoms with van der Waals surface area (Å²) in [5, 5.41) is 4.32. The van der Waals surface area contributed by atoms with E-state index in [2.05, 4.69) is 5.10 Å². The van der Waals surface area contributed by atoms with Gasteiger partial charge in [-0.3, -0.25) is 4.79 Å². The molecule has 0 bridgehead atoms. The fourth-order valence-electron chi connectivity index (χ4n) is 1.75. The SMILES string of the molecule is Cc1cc(C)n(C(=O)C=Cc2c(F)cccc2Cl)n1. The number of aryl methyl sites for hydroxylation is 2. The van der Waals surface area contributed by atoms with E-state index in [0.717, 1.165) is 11.4 Å². The highest BCUT2D eigenvalue weighted by atomic mass is 35.5. The van der Waals surface area contributed by atoms with Crippen LogP contribution in [-0.2, 0) is 0 Å². The van der Waals surface area contributed by atoms with Crippen molar-refractivity contribution >= 4 is 23.6 Å². The molecule has 0 saturated carbocycles. The molecule has 19 heavy (non-hydrogen) atoms. The van der Waals surface area contributed by atoms with Crippen LogP contribution in [0, 0.1) is 19.7 Å². The van der Waals surface area contributed by atoms with Crippen LogP contribution in [-0.4, -0.2) is 15.7 Å². The van der Waals surface area contributed by atoms with E-state index in [0.29, 0.717) is 0 Å². The van der Waals surface area contributed by atoms with E-state index in [1.165, 1.54) is 29.0 Å². The van der Waals surface area contributed by atoms with Crippen molar-refractivity contribution < 1.29 is 9.18 Å². The lowest BCUT2D eigenvalue weighted by Crippen LogP contribution is -2.10. The van der Waals surface area contributed by atoms with Gasteiger partial charge in [0.1, 0.15) is 5.82 Å². The fourth-order valence-corrected chi connectivity index (χ4v) is 1.97. The van der Waals surface area contributed by atoms with E-state index in [4.69, 9.17) is 11.6 Å². The summed E-state index contributed by atoms with van der Waals surface area (Å²) in [5.74, 6) is -0.810. The second-order valence-corrected chi connectivity index (χ2v) is 4.55. The lowest BCUT2D eigenvalue weighted by Gasteiger charge is -2.00. The number of benzene rings is 1. The minimum Gasteiger partial charge on any atom is -0.267 e. The van der Waals surface area contributed by atoms with E-state index in [1.807, 2.05) is 0 Å². The summed E-state index contributed by atoms with van der Waals surface area (Å²) in [7, 11) is 0. The van der Waals surface area contributed by atoms with Crippen molar-refractivity contribution in [1.29, 1.82) is 0 Å². The number of nitrogens with zero attached hydrogens (tertiary/aromatic N) is 2. The van der Waals surface area contributed by atoms with Gasteiger partial charge in [-0.2, -0.15) is 5.10 Å². The van der Waals surface area contributed by atoms with Crippen LogP contribution in [0.25, 0.3) is 6.08 Å². The van der Waals surface area contributed by atoms with Gasteiger partial charge in [0.25, 0.3) is 5.91 Å². The summed E-state index contributed by atoms with van der Waals surface area (Å²) in [5.41, 5.74) is 1.68. The number of carbonyl (C=O) groups excluding carboxylic acids is 1. The molecule has 2 aromatic rings. The minimum absolute atomic E-state index is 0.194. The third-order valence-corrected chi connectivity index (χ3v) is 2.94. The van der Waals surface area contributed by atoms with Crippen molar-refractivity contribution in [3.63, 3.8) is 0 Å². The van der Waals surface area contributed by atoms with Crippen LogP contribution < -0.4 is 0 Å². The van der Waals surface area contributed by atoms with Gasteiger partial charge in [0, 0.05) is 17.3 Å². The largest absolute Gasteiger partial charge is 0.271 e. The topological polar surface area (TPSA) is 34.9 Å². The number of hydrogen-bond acceptors (Lipinski definition) is 2. The minimum atomic E-state index is -0.468.